The van der Waals surface area contributed by atoms with Gasteiger partial charge in [0, 0.05) is 5.56 Å². The highest BCUT2D eigenvalue weighted by Gasteiger charge is 2.27. The van der Waals surface area contributed by atoms with Crippen molar-refractivity contribution < 1.29 is 17.6 Å². The van der Waals surface area contributed by atoms with Crippen molar-refractivity contribution in [2.24, 2.45) is 0 Å². The van der Waals surface area contributed by atoms with E-state index in [1.54, 1.807) is 42.5 Å². The van der Waals surface area contributed by atoms with E-state index in [9.17, 15) is 13.2 Å². The van der Waals surface area contributed by atoms with Gasteiger partial charge in [0.2, 0.25) is 0 Å². The van der Waals surface area contributed by atoms with Crippen molar-refractivity contribution in [3.63, 3.8) is 0 Å². The Kier molecular flexibility index (Phi) is 6.41. The minimum absolute atomic E-state index is 0.0255. The Morgan fingerprint density at radius 3 is 2.55 bits per heavy atom. The first kappa shape index (κ1) is 20.7. The van der Waals surface area contributed by atoms with E-state index in [4.69, 9.17) is 16.0 Å². The molecular formula is C21H19ClN2O4S. The van der Waals surface area contributed by atoms with Gasteiger partial charge in [0.05, 0.1) is 30.1 Å². The summed E-state index contributed by atoms with van der Waals surface area (Å²) in [5.41, 5.74) is 0.641. The molecule has 0 aliphatic carbocycles. The van der Waals surface area contributed by atoms with E-state index in [1.165, 1.54) is 34.8 Å². The Bertz CT molecular complexity index is 1100. The van der Waals surface area contributed by atoms with Crippen LogP contribution in [0, 0.1) is 0 Å². The maximum Gasteiger partial charge on any atom is 0.266 e. The van der Waals surface area contributed by atoms with Gasteiger partial charge in [0.1, 0.15) is 10.7 Å². The number of hydrogen-bond acceptors (Lipinski definition) is 4. The summed E-state index contributed by atoms with van der Waals surface area (Å²) in [6.07, 6.45) is 2.99. The molecule has 0 aliphatic heterocycles. The van der Waals surface area contributed by atoms with Crippen molar-refractivity contribution in [1.82, 2.24) is 5.32 Å². The van der Waals surface area contributed by atoms with E-state index in [1.807, 2.05) is 0 Å². The van der Waals surface area contributed by atoms with Gasteiger partial charge in [-0.2, -0.15) is 0 Å². The molecule has 0 saturated carbocycles. The van der Waals surface area contributed by atoms with Crippen LogP contribution in [0.2, 0.25) is 5.02 Å². The third kappa shape index (κ3) is 4.70. The fourth-order valence-corrected chi connectivity index (χ4v) is 4.64. The van der Waals surface area contributed by atoms with Crippen LogP contribution in [-0.4, -0.2) is 20.9 Å². The Hall–Kier alpha value is -3.03. The van der Waals surface area contributed by atoms with Gasteiger partial charge < -0.3 is 9.73 Å². The molecule has 150 valence electrons. The van der Waals surface area contributed by atoms with Crippen molar-refractivity contribution in [2.45, 2.75) is 11.4 Å². The summed E-state index contributed by atoms with van der Waals surface area (Å²) in [6, 6.07) is 16.2. The summed E-state index contributed by atoms with van der Waals surface area (Å²) in [5, 5.41) is 2.71. The summed E-state index contributed by atoms with van der Waals surface area (Å²) in [4.78, 5) is 12.3. The topological polar surface area (TPSA) is 79.6 Å². The lowest BCUT2D eigenvalue weighted by molar-refractivity contribution is 0.0948. The molecule has 0 atom stereocenters. The standard InChI is InChI=1S/C21H19ClN2O4S/c1-2-12-24(17-7-4-3-5-8-17)29(26,27)20-14-16(10-11-19(20)22)21(25)23-15-18-9-6-13-28-18/h2-11,13-14H,1,12,15H2,(H,23,25). The van der Waals surface area contributed by atoms with Crippen molar-refractivity contribution in [2.75, 3.05) is 10.8 Å². The molecule has 1 heterocycles. The molecule has 0 fully saturated rings. The van der Waals surface area contributed by atoms with Crippen LogP contribution >= 0.6 is 11.6 Å². The molecule has 3 rings (SSSR count). The second-order valence-corrected chi connectivity index (χ2v) is 8.31. The minimum Gasteiger partial charge on any atom is -0.467 e. The number of nitrogens with one attached hydrogen (secondary N) is 1. The van der Waals surface area contributed by atoms with Gasteiger partial charge in [0.25, 0.3) is 15.9 Å². The third-order valence-corrected chi connectivity index (χ3v) is 6.38. The summed E-state index contributed by atoms with van der Waals surface area (Å²) in [5.74, 6) is 0.144. The second kappa shape index (κ2) is 8.98. The number of rotatable bonds is 8. The lowest BCUT2D eigenvalue weighted by Crippen LogP contribution is -2.31. The minimum atomic E-state index is -4.03. The zero-order chi connectivity index (χ0) is 20.9. The molecule has 0 bridgehead atoms. The molecule has 0 unspecified atom stereocenters. The van der Waals surface area contributed by atoms with E-state index in [0.717, 1.165) is 0 Å². The smallest absolute Gasteiger partial charge is 0.266 e. The number of amides is 1. The van der Waals surface area contributed by atoms with Gasteiger partial charge in [0.15, 0.2) is 0 Å². The van der Waals surface area contributed by atoms with Crippen LogP contribution in [0.5, 0.6) is 0 Å². The van der Waals surface area contributed by atoms with Crippen LogP contribution in [0.3, 0.4) is 0 Å². The van der Waals surface area contributed by atoms with Crippen LogP contribution in [0.4, 0.5) is 5.69 Å². The van der Waals surface area contributed by atoms with Gasteiger partial charge in [-0.15, -0.1) is 6.58 Å². The first-order chi connectivity index (χ1) is 13.9. The molecular weight excluding hydrogens is 412 g/mol. The number of carbonyl (C=O) groups excluding carboxylic acids is 1. The van der Waals surface area contributed by atoms with Crippen LogP contribution in [0.25, 0.3) is 0 Å². The van der Waals surface area contributed by atoms with E-state index in [2.05, 4.69) is 11.9 Å². The van der Waals surface area contributed by atoms with Crippen LogP contribution < -0.4 is 9.62 Å². The van der Waals surface area contributed by atoms with Crippen molar-refractivity contribution in [3.05, 3.63) is 95.9 Å². The molecule has 8 heteroatoms. The monoisotopic (exact) mass is 430 g/mol. The van der Waals surface area contributed by atoms with E-state index in [-0.39, 0.29) is 28.6 Å². The van der Waals surface area contributed by atoms with Gasteiger partial charge in [-0.25, -0.2) is 8.42 Å². The average Bonchev–Trinajstić information content (AvgIpc) is 3.24. The van der Waals surface area contributed by atoms with Crippen molar-refractivity contribution in [1.29, 1.82) is 0 Å². The summed E-state index contributed by atoms with van der Waals surface area (Å²) in [7, 11) is -4.03. The zero-order valence-corrected chi connectivity index (χ0v) is 17.0. The summed E-state index contributed by atoms with van der Waals surface area (Å²) < 4.78 is 33.0. The van der Waals surface area contributed by atoms with E-state index < -0.39 is 15.9 Å². The maximum atomic E-state index is 13.3. The van der Waals surface area contributed by atoms with Gasteiger partial charge in [-0.05, 0) is 42.5 Å². The fourth-order valence-electron chi connectivity index (χ4n) is 2.70. The van der Waals surface area contributed by atoms with Gasteiger partial charge >= 0.3 is 0 Å². The molecule has 0 aliphatic rings. The first-order valence-corrected chi connectivity index (χ1v) is 10.5. The number of para-hydroxylation sites is 1. The highest BCUT2D eigenvalue weighted by Crippen LogP contribution is 2.29. The van der Waals surface area contributed by atoms with Crippen molar-refractivity contribution >= 4 is 33.2 Å². The van der Waals surface area contributed by atoms with Gasteiger partial charge in [-0.3, -0.25) is 9.10 Å². The first-order valence-electron chi connectivity index (χ1n) is 8.72. The number of anilines is 1. The maximum absolute atomic E-state index is 13.3. The van der Waals surface area contributed by atoms with E-state index >= 15 is 0 Å². The normalized spacial score (nSPS) is 11.1. The molecule has 1 amide bonds. The Balaban J connectivity index is 1.92. The Labute approximate surface area is 174 Å². The fraction of sp³-hybridized carbons (Fsp3) is 0.0952. The number of hydrogen-bond donors (Lipinski definition) is 1. The molecule has 0 spiro atoms. The number of sulfonamides is 1. The molecule has 3 aromatic rings. The number of carbonyl (C=O) groups is 1. The van der Waals surface area contributed by atoms with Crippen LogP contribution in [0.15, 0.2) is 88.9 Å². The summed E-state index contributed by atoms with van der Waals surface area (Å²) >= 11 is 6.20. The molecule has 1 aromatic heterocycles. The molecule has 0 radical (unpaired) electrons. The predicted octanol–water partition coefficient (Wildman–Crippen LogP) is 4.24. The molecule has 2 aromatic carbocycles. The third-order valence-electron chi connectivity index (χ3n) is 4.10. The highest BCUT2D eigenvalue weighted by atomic mass is 35.5. The van der Waals surface area contributed by atoms with Crippen LogP contribution in [-0.2, 0) is 16.6 Å². The Morgan fingerprint density at radius 1 is 1.14 bits per heavy atom. The lowest BCUT2D eigenvalue weighted by atomic mass is 10.2. The molecule has 1 N–H and O–H groups in total. The zero-order valence-electron chi connectivity index (χ0n) is 15.4. The number of nitrogens with zero attached hydrogens (tertiary/aromatic N) is 1. The van der Waals surface area contributed by atoms with E-state index in [0.29, 0.717) is 11.4 Å². The Morgan fingerprint density at radius 2 is 1.90 bits per heavy atom. The number of benzene rings is 2. The lowest BCUT2D eigenvalue weighted by Gasteiger charge is -2.24. The SMILES string of the molecule is C=CCN(c1ccccc1)S(=O)(=O)c1cc(C(=O)NCc2ccco2)ccc1Cl. The number of furan rings is 1. The summed E-state index contributed by atoms with van der Waals surface area (Å²) in [6.45, 7) is 3.87. The van der Waals surface area contributed by atoms with Gasteiger partial charge in [-0.1, -0.05) is 35.9 Å². The average molecular weight is 431 g/mol. The molecule has 29 heavy (non-hydrogen) atoms. The quantitative estimate of drug-likeness (QED) is 0.542. The molecule has 0 saturated heterocycles. The molecule has 6 nitrogen and oxygen atoms in total. The largest absolute Gasteiger partial charge is 0.467 e. The second-order valence-electron chi connectivity index (χ2n) is 6.07. The highest BCUT2D eigenvalue weighted by molar-refractivity contribution is 7.93. The van der Waals surface area contributed by atoms with Crippen molar-refractivity contribution in [3.8, 4) is 0 Å². The number of halogens is 1. The predicted molar refractivity (Wildman–Crippen MR) is 113 cm³/mol. The van der Waals surface area contributed by atoms with Crippen LogP contribution in [0.1, 0.15) is 16.1 Å².